The lowest BCUT2D eigenvalue weighted by molar-refractivity contribution is -0.384. The van der Waals surface area contributed by atoms with Crippen LogP contribution < -0.4 is 10.1 Å². The molecular formula is C19H18N2O8. The zero-order chi connectivity index (χ0) is 21.6. The van der Waals surface area contributed by atoms with E-state index in [2.05, 4.69) is 10.1 Å². The lowest BCUT2D eigenvalue weighted by Crippen LogP contribution is -2.30. The van der Waals surface area contributed by atoms with E-state index in [1.165, 1.54) is 14.0 Å². The van der Waals surface area contributed by atoms with Gasteiger partial charge in [0, 0.05) is 12.1 Å². The molecule has 1 unspecified atom stereocenters. The summed E-state index contributed by atoms with van der Waals surface area (Å²) in [6.07, 6.45) is -1.23. The van der Waals surface area contributed by atoms with Crippen LogP contribution in [0, 0.1) is 10.1 Å². The zero-order valence-electron chi connectivity index (χ0n) is 15.8. The van der Waals surface area contributed by atoms with Gasteiger partial charge in [0.2, 0.25) is 0 Å². The summed E-state index contributed by atoms with van der Waals surface area (Å²) >= 11 is 0. The highest BCUT2D eigenvalue weighted by Gasteiger charge is 2.23. The summed E-state index contributed by atoms with van der Waals surface area (Å²) in [6.45, 7) is 1.33. The molecule has 0 aliphatic carbocycles. The molecule has 0 fully saturated rings. The molecule has 10 nitrogen and oxygen atoms in total. The number of nitrogens with one attached hydrogen (secondary N) is 1. The smallest absolute Gasteiger partial charge is 0.339 e. The Bertz CT molecular complexity index is 957. The third-order valence-electron chi connectivity index (χ3n) is 3.80. The molecule has 2 aromatic rings. The number of nitro benzene ring substituents is 1. The number of nitro groups is 1. The van der Waals surface area contributed by atoms with E-state index in [1.807, 2.05) is 0 Å². The molecule has 2 aromatic carbocycles. The van der Waals surface area contributed by atoms with Gasteiger partial charge in [-0.25, -0.2) is 9.59 Å². The van der Waals surface area contributed by atoms with Crippen molar-refractivity contribution in [3.05, 3.63) is 63.7 Å². The molecule has 1 amide bonds. The van der Waals surface area contributed by atoms with E-state index in [1.54, 1.807) is 24.3 Å². The van der Waals surface area contributed by atoms with Crippen molar-refractivity contribution in [2.45, 2.75) is 13.0 Å². The molecule has 152 valence electrons. The molecule has 1 atom stereocenters. The van der Waals surface area contributed by atoms with Crippen LogP contribution >= 0.6 is 0 Å². The number of carbonyl (C=O) groups is 3. The number of esters is 2. The van der Waals surface area contributed by atoms with Gasteiger partial charge in [0.25, 0.3) is 11.6 Å². The molecule has 1 N–H and O–H groups in total. The third-order valence-corrected chi connectivity index (χ3v) is 3.80. The molecule has 29 heavy (non-hydrogen) atoms. The molecule has 0 spiro atoms. The number of non-ortho nitro benzene ring substituents is 1. The maximum absolute atomic E-state index is 12.4. The Hall–Kier alpha value is -3.95. The molecule has 2 rings (SSSR count). The quantitative estimate of drug-likeness (QED) is 0.424. The summed E-state index contributed by atoms with van der Waals surface area (Å²) in [5.41, 5.74) is -0.575. The molecule has 0 aliphatic rings. The van der Waals surface area contributed by atoms with Gasteiger partial charge in [-0.1, -0.05) is 12.1 Å². The maximum atomic E-state index is 12.4. The van der Waals surface area contributed by atoms with Crippen LogP contribution in [-0.2, 0) is 14.3 Å². The Labute approximate surface area is 165 Å². The highest BCUT2D eigenvalue weighted by molar-refractivity contribution is 5.99. The number of rotatable bonds is 7. The van der Waals surface area contributed by atoms with Crippen LogP contribution in [0.4, 0.5) is 11.4 Å². The van der Waals surface area contributed by atoms with Gasteiger partial charge in [-0.3, -0.25) is 14.9 Å². The number of hydrogen-bond acceptors (Lipinski definition) is 8. The fraction of sp³-hybridized carbons (Fsp3) is 0.211. The van der Waals surface area contributed by atoms with Crippen LogP contribution in [0.2, 0.25) is 0 Å². The Kier molecular flexibility index (Phi) is 6.85. The van der Waals surface area contributed by atoms with Gasteiger partial charge in [0.05, 0.1) is 36.0 Å². The average Bonchev–Trinajstić information content (AvgIpc) is 2.72. The van der Waals surface area contributed by atoms with Crippen molar-refractivity contribution >= 4 is 29.2 Å². The van der Waals surface area contributed by atoms with Gasteiger partial charge < -0.3 is 19.5 Å². The Morgan fingerprint density at radius 2 is 1.66 bits per heavy atom. The molecule has 0 aromatic heterocycles. The van der Waals surface area contributed by atoms with Crippen LogP contribution in [-0.4, -0.2) is 43.1 Å². The summed E-state index contributed by atoms with van der Waals surface area (Å²) in [4.78, 5) is 46.7. The predicted molar refractivity (Wildman–Crippen MR) is 101 cm³/mol. The highest BCUT2D eigenvalue weighted by Crippen LogP contribution is 2.24. The summed E-state index contributed by atoms with van der Waals surface area (Å²) in [6, 6.07) is 9.66. The van der Waals surface area contributed by atoms with Crippen molar-refractivity contribution in [2.75, 3.05) is 19.5 Å². The summed E-state index contributed by atoms with van der Waals surface area (Å²) in [7, 11) is 2.54. The lowest BCUT2D eigenvalue weighted by atomic mass is 10.1. The second-order valence-electron chi connectivity index (χ2n) is 5.75. The van der Waals surface area contributed by atoms with Gasteiger partial charge in [-0.05, 0) is 25.1 Å². The van der Waals surface area contributed by atoms with Crippen molar-refractivity contribution in [3.8, 4) is 5.75 Å². The number of carbonyl (C=O) groups excluding carboxylic acids is 3. The monoisotopic (exact) mass is 402 g/mol. The molecule has 0 radical (unpaired) electrons. The van der Waals surface area contributed by atoms with Gasteiger partial charge >= 0.3 is 11.9 Å². The molecule has 0 heterocycles. The molecule has 0 bridgehead atoms. The lowest BCUT2D eigenvalue weighted by Gasteiger charge is -2.15. The third kappa shape index (κ3) is 5.28. The summed E-state index contributed by atoms with van der Waals surface area (Å²) in [5, 5.41) is 13.6. The number of anilines is 1. The molecule has 10 heteroatoms. The first kappa shape index (κ1) is 21.4. The van der Waals surface area contributed by atoms with Crippen LogP contribution in [0.5, 0.6) is 5.75 Å². The van der Waals surface area contributed by atoms with Gasteiger partial charge in [0.15, 0.2) is 6.10 Å². The van der Waals surface area contributed by atoms with E-state index in [0.29, 0.717) is 11.4 Å². The first-order chi connectivity index (χ1) is 13.8. The first-order valence-corrected chi connectivity index (χ1v) is 8.29. The number of amides is 1. The van der Waals surface area contributed by atoms with Crippen LogP contribution in [0.25, 0.3) is 0 Å². The number of nitrogens with zero attached hydrogens (tertiary/aromatic N) is 1. The number of benzene rings is 2. The minimum absolute atomic E-state index is 0.195. The second kappa shape index (κ2) is 9.31. The zero-order valence-corrected chi connectivity index (χ0v) is 15.8. The van der Waals surface area contributed by atoms with Crippen molar-refractivity contribution in [3.63, 3.8) is 0 Å². The predicted octanol–water partition coefficient (Wildman–Crippen LogP) is 2.57. The maximum Gasteiger partial charge on any atom is 0.339 e. The summed E-state index contributed by atoms with van der Waals surface area (Å²) < 4.78 is 14.7. The number of para-hydroxylation sites is 2. The molecular weight excluding hydrogens is 384 g/mol. The number of methoxy groups -OCH3 is 2. The van der Waals surface area contributed by atoms with Gasteiger partial charge in [0.1, 0.15) is 5.75 Å². The largest absolute Gasteiger partial charge is 0.495 e. The number of hydrogen-bond donors (Lipinski definition) is 1. The van der Waals surface area contributed by atoms with Gasteiger partial charge in [-0.15, -0.1) is 0 Å². The SMILES string of the molecule is COC(=O)c1cc(C(=O)OC(C)C(=O)Nc2ccccc2OC)cc([N+](=O)[O-])c1. The second-order valence-corrected chi connectivity index (χ2v) is 5.75. The fourth-order valence-corrected chi connectivity index (χ4v) is 2.33. The van der Waals surface area contributed by atoms with Crippen molar-refractivity contribution in [1.82, 2.24) is 0 Å². The fourth-order valence-electron chi connectivity index (χ4n) is 2.33. The molecule has 0 saturated heterocycles. The standard InChI is InChI=1S/C19H18N2O8/c1-11(17(22)20-15-6-4-5-7-16(15)27-2)29-19(24)13-8-12(18(23)28-3)9-14(10-13)21(25)26/h4-11H,1-3H3,(H,20,22). The minimum atomic E-state index is -1.23. The molecule has 0 saturated carbocycles. The number of ether oxygens (including phenoxy) is 3. The van der Waals surface area contributed by atoms with E-state index >= 15 is 0 Å². The minimum Gasteiger partial charge on any atom is -0.495 e. The van der Waals surface area contributed by atoms with Crippen molar-refractivity contribution < 1.29 is 33.5 Å². The first-order valence-electron chi connectivity index (χ1n) is 8.29. The topological polar surface area (TPSA) is 134 Å². The van der Waals surface area contributed by atoms with Crippen LogP contribution in [0.1, 0.15) is 27.6 Å². The van der Waals surface area contributed by atoms with Crippen LogP contribution in [0.3, 0.4) is 0 Å². The van der Waals surface area contributed by atoms with E-state index in [-0.39, 0.29) is 11.1 Å². The Balaban J connectivity index is 2.18. The Morgan fingerprint density at radius 1 is 1.03 bits per heavy atom. The highest BCUT2D eigenvalue weighted by atomic mass is 16.6. The van der Waals surface area contributed by atoms with E-state index < -0.39 is 34.6 Å². The van der Waals surface area contributed by atoms with Crippen LogP contribution in [0.15, 0.2) is 42.5 Å². The van der Waals surface area contributed by atoms with E-state index in [4.69, 9.17) is 9.47 Å². The normalized spacial score (nSPS) is 11.1. The Morgan fingerprint density at radius 3 is 2.24 bits per heavy atom. The van der Waals surface area contributed by atoms with Crippen molar-refractivity contribution in [2.24, 2.45) is 0 Å². The van der Waals surface area contributed by atoms with E-state index in [0.717, 1.165) is 25.3 Å². The van der Waals surface area contributed by atoms with Crippen molar-refractivity contribution in [1.29, 1.82) is 0 Å². The average molecular weight is 402 g/mol. The molecule has 0 aliphatic heterocycles. The van der Waals surface area contributed by atoms with E-state index in [9.17, 15) is 24.5 Å². The summed E-state index contributed by atoms with van der Waals surface area (Å²) in [5.74, 6) is -2.09. The van der Waals surface area contributed by atoms with Gasteiger partial charge in [-0.2, -0.15) is 0 Å².